The molecular formula is C29H23F3N2O5. The van der Waals surface area contributed by atoms with Gasteiger partial charge in [-0.05, 0) is 48.5 Å². The first-order valence-electron chi connectivity index (χ1n) is 11.9. The van der Waals surface area contributed by atoms with Crippen molar-refractivity contribution in [1.82, 2.24) is 0 Å². The number of β-lactam (4-membered cyclic amide) rings is 1. The highest BCUT2D eigenvalue weighted by Gasteiger charge is 2.61. The molecule has 1 aliphatic rings. The summed E-state index contributed by atoms with van der Waals surface area (Å²) < 4.78 is 56.8. The van der Waals surface area contributed by atoms with Crippen LogP contribution in [0.25, 0.3) is 11.3 Å². The zero-order chi connectivity index (χ0) is 27.8. The van der Waals surface area contributed by atoms with Gasteiger partial charge in [0, 0.05) is 5.56 Å². The van der Waals surface area contributed by atoms with Crippen molar-refractivity contribution in [3.05, 3.63) is 96.3 Å². The lowest BCUT2D eigenvalue weighted by molar-refractivity contribution is -0.138. The number of benzene rings is 3. The Labute approximate surface area is 221 Å². The van der Waals surface area contributed by atoms with Gasteiger partial charge in [-0.3, -0.25) is 14.5 Å². The number of halogens is 3. The number of para-hydroxylation sites is 4. The second-order valence-electron chi connectivity index (χ2n) is 8.83. The molecule has 0 aliphatic carbocycles. The molecule has 1 N–H and O–H groups in total. The lowest BCUT2D eigenvalue weighted by atomic mass is 9.79. The predicted octanol–water partition coefficient (Wildman–Crippen LogP) is 6.25. The molecule has 4 aromatic rings. The molecule has 1 atom stereocenters. The summed E-state index contributed by atoms with van der Waals surface area (Å²) >= 11 is 0. The number of rotatable bonds is 7. The summed E-state index contributed by atoms with van der Waals surface area (Å²) in [5.74, 6) is -0.0221. The molecule has 1 fully saturated rings. The lowest BCUT2D eigenvalue weighted by Crippen LogP contribution is -2.67. The predicted molar refractivity (Wildman–Crippen MR) is 138 cm³/mol. The SMILES string of the molecule is COc1ccccc1NC(=O)C1(c2ccc(-c3cccc(C(F)(F)F)c3)o2)CC(=O)N1c1ccccc1OC. The number of hydrogen-bond acceptors (Lipinski definition) is 5. The number of hydrogen-bond donors (Lipinski definition) is 1. The third-order valence-corrected chi connectivity index (χ3v) is 6.58. The summed E-state index contributed by atoms with van der Waals surface area (Å²) in [5.41, 5.74) is -1.62. The van der Waals surface area contributed by atoms with Crippen LogP contribution < -0.4 is 19.7 Å². The summed E-state index contributed by atoms with van der Waals surface area (Å²) in [6.07, 6.45) is -4.79. The minimum absolute atomic E-state index is 0.0767. The second-order valence-corrected chi connectivity index (χ2v) is 8.83. The fraction of sp³-hybridized carbons (Fsp3) is 0.172. The molecule has 1 unspecified atom stereocenters. The maximum atomic E-state index is 14.0. The minimum atomic E-state index is -4.54. The third kappa shape index (κ3) is 4.47. The fourth-order valence-electron chi connectivity index (χ4n) is 4.68. The molecule has 1 aliphatic heterocycles. The van der Waals surface area contributed by atoms with E-state index in [-0.39, 0.29) is 29.4 Å². The van der Waals surface area contributed by atoms with Crippen molar-refractivity contribution in [2.45, 2.75) is 18.1 Å². The summed E-state index contributed by atoms with van der Waals surface area (Å²) in [6, 6.07) is 21.1. The van der Waals surface area contributed by atoms with E-state index in [9.17, 15) is 22.8 Å². The van der Waals surface area contributed by atoms with Crippen LogP contribution in [-0.4, -0.2) is 26.0 Å². The van der Waals surface area contributed by atoms with Gasteiger partial charge in [0.25, 0.3) is 5.91 Å². The smallest absolute Gasteiger partial charge is 0.416 e. The number of nitrogens with zero attached hydrogens (tertiary/aromatic N) is 1. The van der Waals surface area contributed by atoms with Crippen LogP contribution in [0.1, 0.15) is 17.7 Å². The van der Waals surface area contributed by atoms with E-state index in [1.807, 2.05) is 0 Å². The topological polar surface area (TPSA) is 81.0 Å². The number of carbonyl (C=O) groups excluding carboxylic acids is 2. The van der Waals surface area contributed by atoms with Gasteiger partial charge in [-0.1, -0.05) is 36.4 Å². The Morgan fingerprint density at radius 2 is 1.62 bits per heavy atom. The van der Waals surface area contributed by atoms with Gasteiger partial charge in [-0.15, -0.1) is 0 Å². The van der Waals surface area contributed by atoms with Crippen LogP contribution in [0.5, 0.6) is 11.5 Å². The van der Waals surface area contributed by atoms with Gasteiger partial charge in [0.05, 0.1) is 37.6 Å². The Kier molecular flexibility index (Phi) is 6.55. The highest BCUT2D eigenvalue weighted by Crippen LogP contribution is 2.49. The average Bonchev–Trinajstić information content (AvgIpc) is 3.42. The normalized spacial score (nSPS) is 16.9. The first-order chi connectivity index (χ1) is 18.7. The fourth-order valence-corrected chi connectivity index (χ4v) is 4.68. The molecule has 200 valence electrons. The maximum Gasteiger partial charge on any atom is 0.416 e. The van der Waals surface area contributed by atoms with Gasteiger partial charge in [-0.2, -0.15) is 13.2 Å². The van der Waals surface area contributed by atoms with Crippen molar-refractivity contribution in [1.29, 1.82) is 0 Å². The van der Waals surface area contributed by atoms with E-state index in [0.717, 1.165) is 12.1 Å². The quantitative estimate of drug-likeness (QED) is 0.282. The molecule has 0 bridgehead atoms. The largest absolute Gasteiger partial charge is 0.495 e. The van der Waals surface area contributed by atoms with Gasteiger partial charge in [-0.25, -0.2) is 0 Å². The molecule has 2 heterocycles. The first kappa shape index (κ1) is 25.9. The van der Waals surface area contributed by atoms with Gasteiger partial charge in [0.1, 0.15) is 23.0 Å². The van der Waals surface area contributed by atoms with Crippen LogP contribution in [0.15, 0.2) is 89.3 Å². The minimum Gasteiger partial charge on any atom is -0.495 e. The van der Waals surface area contributed by atoms with E-state index in [1.165, 1.54) is 43.4 Å². The molecule has 10 heteroatoms. The van der Waals surface area contributed by atoms with Crippen LogP contribution in [0.3, 0.4) is 0 Å². The molecule has 1 aromatic heterocycles. The number of carbonyl (C=O) groups is 2. The van der Waals surface area contributed by atoms with E-state index in [1.54, 1.807) is 48.5 Å². The van der Waals surface area contributed by atoms with Crippen LogP contribution >= 0.6 is 0 Å². The van der Waals surface area contributed by atoms with Crippen molar-refractivity contribution >= 4 is 23.2 Å². The molecule has 0 radical (unpaired) electrons. The van der Waals surface area contributed by atoms with Crippen molar-refractivity contribution in [3.8, 4) is 22.8 Å². The van der Waals surface area contributed by atoms with Gasteiger partial charge < -0.3 is 19.2 Å². The number of nitrogens with one attached hydrogen (secondary N) is 1. The maximum absolute atomic E-state index is 14.0. The number of methoxy groups -OCH3 is 2. The molecular weight excluding hydrogens is 513 g/mol. The first-order valence-corrected chi connectivity index (χ1v) is 11.9. The Morgan fingerprint density at radius 3 is 2.31 bits per heavy atom. The molecule has 1 saturated heterocycles. The molecule has 7 nitrogen and oxygen atoms in total. The average molecular weight is 537 g/mol. The molecule has 3 aromatic carbocycles. The van der Waals surface area contributed by atoms with E-state index >= 15 is 0 Å². The number of anilines is 2. The highest BCUT2D eigenvalue weighted by atomic mass is 19.4. The van der Waals surface area contributed by atoms with Crippen molar-refractivity contribution < 1.29 is 36.7 Å². The zero-order valence-corrected chi connectivity index (χ0v) is 20.9. The second kappa shape index (κ2) is 9.86. The highest BCUT2D eigenvalue weighted by molar-refractivity contribution is 6.17. The lowest BCUT2D eigenvalue weighted by Gasteiger charge is -2.49. The van der Waals surface area contributed by atoms with Crippen LogP contribution in [0, 0.1) is 0 Å². The van der Waals surface area contributed by atoms with Gasteiger partial charge >= 0.3 is 6.18 Å². The zero-order valence-electron chi connectivity index (χ0n) is 20.9. The van der Waals surface area contributed by atoms with Crippen LogP contribution in [0.2, 0.25) is 0 Å². The van der Waals surface area contributed by atoms with Gasteiger partial charge in [0.15, 0.2) is 5.54 Å². The van der Waals surface area contributed by atoms with E-state index < -0.39 is 23.2 Å². The number of furan rings is 1. The monoisotopic (exact) mass is 536 g/mol. The summed E-state index contributed by atoms with van der Waals surface area (Å²) in [5, 5.41) is 2.83. The third-order valence-electron chi connectivity index (χ3n) is 6.58. The van der Waals surface area contributed by atoms with E-state index in [2.05, 4.69) is 5.32 Å². The molecule has 0 saturated carbocycles. The summed E-state index contributed by atoms with van der Waals surface area (Å²) in [6.45, 7) is 0. The standard InChI is InChI=1S/C29H23F3N2O5/c1-37-23-12-5-3-10-20(23)33-27(36)28(17-26(35)34(28)21-11-4-6-13-24(21)38-2)25-15-14-22(39-25)18-8-7-9-19(16-18)29(30,31)32/h3-16H,17H2,1-2H3,(H,33,36). The Hall–Kier alpha value is -4.73. The summed E-state index contributed by atoms with van der Waals surface area (Å²) in [7, 11) is 2.90. The molecule has 0 spiro atoms. The van der Waals surface area contributed by atoms with Gasteiger partial charge in [0.2, 0.25) is 5.91 Å². The number of alkyl halides is 3. The Balaban J connectivity index is 1.62. The number of ether oxygens (including phenoxy) is 2. The molecule has 2 amide bonds. The summed E-state index contributed by atoms with van der Waals surface area (Å²) in [4.78, 5) is 28.4. The van der Waals surface area contributed by atoms with Crippen LogP contribution in [-0.2, 0) is 21.3 Å². The molecule has 39 heavy (non-hydrogen) atoms. The molecule has 5 rings (SSSR count). The van der Waals surface area contributed by atoms with Crippen LogP contribution in [0.4, 0.5) is 24.5 Å². The van der Waals surface area contributed by atoms with Crippen molar-refractivity contribution in [2.24, 2.45) is 0 Å². The Morgan fingerprint density at radius 1 is 0.923 bits per heavy atom. The van der Waals surface area contributed by atoms with E-state index in [4.69, 9.17) is 13.9 Å². The number of amides is 2. The van der Waals surface area contributed by atoms with E-state index in [0.29, 0.717) is 22.9 Å². The van der Waals surface area contributed by atoms with Crippen molar-refractivity contribution in [3.63, 3.8) is 0 Å². The Bertz CT molecular complexity index is 1550. The van der Waals surface area contributed by atoms with Crippen molar-refractivity contribution in [2.75, 3.05) is 24.4 Å².